The molecular formula is C13H15FN4O2. The molecule has 20 heavy (non-hydrogen) atoms. The third-order valence-electron chi connectivity index (χ3n) is 2.84. The van der Waals surface area contributed by atoms with Gasteiger partial charge in [0.1, 0.15) is 6.33 Å². The standard InChI is InChI=1S/C13H15FN4O2/c1-19-11-4-3-8(5-9(11)14)13(18-15)10-6-12(20-2)17-7-16-10/h3-7,13,18H,15H2,1-2H3. The monoisotopic (exact) mass is 278 g/mol. The first kappa shape index (κ1) is 14.2. The lowest BCUT2D eigenvalue weighted by Crippen LogP contribution is -2.29. The minimum Gasteiger partial charge on any atom is -0.494 e. The number of hydrazine groups is 1. The highest BCUT2D eigenvalue weighted by molar-refractivity contribution is 5.35. The van der Waals surface area contributed by atoms with Crippen LogP contribution in [0.25, 0.3) is 0 Å². The van der Waals surface area contributed by atoms with Crippen molar-refractivity contribution in [2.45, 2.75) is 6.04 Å². The van der Waals surface area contributed by atoms with Crippen LogP contribution < -0.4 is 20.7 Å². The molecule has 3 N–H and O–H groups in total. The van der Waals surface area contributed by atoms with Crippen LogP contribution in [-0.2, 0) is 0 Å². The molecule has 2 aromatic rings. The Morgan fingerprint density at radius 1 is 1.20 bits per heavy atom. The molecule has 0 fully saturated rings. The van der Waals surface area contributed by atoms with E-state index in [4.69, 9.17) is 15.3 Å². The summed E-state index contributed by atoms with van der Waals surface area (Å²) in [4.78, 5) is 8.04. The Balaban J connectivity index is 2.38. The van der Waals surface area contributed by atoms with Gasteiger partial charge in [-0.1, -0.05) is 6.07 Å². The molecule has 1 atom stereocenters. The number of methoxy groups -OCH3 is 2. The Bertz CT molecular complexity index is 594. The molecule has 0 saturated heterocycles. The fraction of sp³-hybridized carbons (Fsp3) is 0.231. The summed E-state index contributed by atoms with van der Waals surface area (Å²) in [5.41, 5.74) is 3.79. The number of rotatable bonds is 5. The number of hydrogen-bond donors (Lipinski definition) is 2. The van der Waals surface area contributed by atoms with Gasteiger partial charge in [0.15, 0.2) is 11.6 Å². The minimum absolute atomic E-state index is 0.171. The highest BCUT2D eigenvalue weighted by Gasteiger charge is 2.17. The van der Waals surface area contributed by atoms with E-state index in [1.807, 2.05) is 0 Å². The Hall–Kier alpha value is -2.25. The lowest BCUT2D eigenvalue weighted by atomic mass is 10.0. The van der Waals surface area contributed by atoms with Gasteiger partial charge < -0.3 is 9.47 Å². The van der Waals surface area contributed by atoms with Crippen molar-refractivity contribution in [1.29, 1.82) is 0 Å². The van der Waals surface area contributed by atoms with Gasteiger partial charge in [-0.15, -0.1) is 0 Å². The summed E-state index contributed by atoms with van der Waals surface area (Å²) >= 11 is 0. The Kier molecular flexibility index (Phi) is 4.44. The van der Waals surface area contributed by atoms with Crippen molar-refractivity contribution in [3.63, 3.8) is 0 Å². The SMILES string of the molecule is COc1cc(C(NN)c2ccc(OC)c(F)c2)ncn1. The van der Waals surface area contributed by atoms with Crippen LogP contribution in [-0.4, -0.2) is 24.2 Å². The second-order valence-electron chi connectivity index (χ2n) is 3.98. The molecule has 1 aromatic carbocycles. The molecule has 0 bridgehead atoms. The number of nitrogens with zero attached hydrogens (tertiary/aromatic N) is 2. The van der Waals surface area contributed by atoms with E-state index < -0.39 is 11.9 Å². The molecule has 0 amide bonds. The number of ether oxygens (including phenoxy) is 2. The van der Waals surface area contributed by atoms with E-state index >= 15 is 0 Å². The van der Waals surface area contributed by atoms with Gasteiger partial charge in [-0.05, 0) is 17.7 Å². The fourth-order valence-electron chi connectivity index (χ4n) is 1.84. The lowest BCUT2D eigenvalue weighted by molar-refractivity contribution is 0.385. The predicted octanol–water partition coefficient (Wildman–Crippen LogP) is 1.19. The second kappa shape index (κ2) is 6.27. The molecule has 106 valence electrons. The van der Waals surface area contributed by atoms with Gasteiger partial charge >= 0.3 is 0 Å². The van der Waals surface area contributed by atoms with Crippen molar-refractivity contribution >= 4 is 0 Å². The van der Waals surface area contributed by atoms with Crippen molar-refractivity contribution in [2.24, 2.45) is 5.84 Å². The summed E-state index contributed by atoms with van der Waals surface area (Å²) in [6.07, 6.45) is 1.36. The molecule has 1 unspecified atom stereocenters. The van der Waals surface area contributed by atoms with Crippen LogP contribution in [0.2, 0.25) is 0 Å². The fourth-order valence-corrected chi connectivity index (χ4v) is 1.84. The van der Waals surface area contributed by atoms with E-state index in [1.54, 1.807) is 12.1 Å². The molecule has 0 aliphatic rings. The van der Waals surface area contributed by atoms with Gasteiger partial charge in [0.2, 0.25) is 5.88 Å². The van der Waals surface area contributed by atoms with Crippen molar-refractivity contribution in [3.05, 3.63) is 47.7 Å². The number of hydrogen-bond acceptors (Lipinski definition) is 6. The van der Waals surface area contributed by atoms with Gasteiger partial charge in [-0.3, -0.25) is 5.84 Å². The summed E-state index contributed by atoms with van der Waals surface area (Å²) in [6, 6.07) is 5.74. The minimum atomic E-state index is -0.479. The van der Waals surface area contributed by atoms with E-state index in [2.05, 4.69) is 15.4 Å². The van der Waals surface area contributed by atoms with Gasteiger partial charge in [0.05, 0.1) is 26.0 Å². The number of aromatic nitrogens is 2. The molecular weight excluding hydrogens is 263 g/mol. The zero-order chi connectivity index (χ0) is 14.5. The second-order valence-corrected chi connectivity index (χ2v) is 3.98. The quantitative estimate of drug-likeness (QED) is 0.631. The first-order valence-electron chi connectivity index (χ1n) is 5.85. The molecule has 0 saturated carbocycles. The maximum atomic E-state index is 13.8. The average Bonchev–Trinajstić information content (AvgIpc) is 2.48. The smallest absolute Gasteiger partial charge is 0.216 e. The maximum Gasteiger partial charge on any atom is 0.216 e. The molecule has 1 aromatic heterocycles. The van der Waals surface area contributed by atoms with Crippen LogP contribution in [0, 0.1) is 5.82 Å². The van der Waals surface area contributed by atoms with Crippen molar-refractivity contribution < 1.29 is 13.9 Å². The first-order valence-corrected chi connectivity index (χ1v) is 5.85. The normalized spacial score (nSPS) is 12.0. The Morgan fingerprint density at radius 3 is 2.60 bits per heavy atom. The van der Waals surface area contributed by atoms with Crippen LogP contribution in [0.5, 0.6) is 11.6 Å². The van der Waals surface area contributed by atoms with Crippen molar-refractivity contribution in [1.82, 2.24) is 15.4 Å². The molecule has 0 aliphatic carbocycles. The summed E-state index contributed by atoms with van der Waals surface area (Å²) in [7, 11) is 2.91. The van der Waals surface area contributed by atoms with Crippen LogP contribution >= 0.6 is 0 Å². The summed E-state index contributed by atoms with van der Waals surface area (Å²) in [5.74, 6) is 5.66. The molecule has 2 rings (SSSR count). The van der Waals surface area contributed by atoms with Gasteiger partial charge in [-0.2, -0.15) is 0 Å². The molecule has 0 radical (unpaired) electrons. The third-order valence-corrected chi connectivity index (χ3v) is 2.84. The van der Waals surface area contributed by atoms with Gasteiger partial charge in [-0.25, -0.2) is 19.8 Å². The van der Waals surface area contributed by atoms with E-state index in [1.165, 1.54) is 32.7 Å². The van der Waals surface area contributed by atoms with E-state index in [0.29, 0.717) is 17.1 Å². The third kappa shape index (κ3) is 2.84. The maximum absolute atomic E-state index is 13.8. The van der Waals surface area contributed by atoms with Crippen LogP contribution in [0.3, 0.4) is 0 Å². The average molecular weight is 278 g/mol. The van der Waals surface area contributed by atoms with E-state index in [9.17, 15) is 4.39 Å². The highest BCUT2D eigenvalue weighted by atomic mass is 19.1. The largest absolute Gasteiger partial charge is 0.494 e. The van der Waals surface area contributed by atoms with Crippen molar-refractivity contribution in [3.8, 4) is 11.6 Å². The predicted molar refractivity (Wildman–Crippen MR) is 70.7 cm³/mol. The number of nitrogens with one attached hydrogen (secondary N) is 1. The van der Waals surface area contributed by atoms with Crippen LogP contribution in [0.4, 0.5) is 4.39 Å². The van der Waals surface area contributed by atoms with Crippen LogP contribution in [0.15, 0.2) is 30.6 Å². The Morgan fingerprint density at radius 2 is 2.00 bits per heavy atom. The first-order chi connectivity index (χ1) is 9.69. The number of nitrogens with two attached hydrogens (primary N) is 1. The van der Waals surface area contributed by atoms with Crippen molar-refractivity contribution in [2.75, 3.05) is 14.2 Å². The van der Waals surface area contributed by atoms with Gasteiger partial charge in [0, 0.05) is 6.07 Å². The van der Waals surface area contributed by atoms with Crippen LogP contribution in [0.1, 0.15) is 17.3 Å². The molecule has 6 nitrogen and oxygen atoms in total. The van der Waals surface area contributed by atoms with Gasteiger partial charge in [0.25, 0.3) is 0 Å². The zero-order valence-electron chi connectivity index (χ0n) is 11.1. The number of halogens is 1. The molecule has 7 heteroatoms. The topological polar surface area (TPSA) is 82.3 Å². The molecule has 1 heterocycles. The molecule has 0 aliphatic heterocycles. The lowest BCUT2D eigenvalue weighted by Gasteiger charge is -2.16. The summed E-state index contributed by atoms with van der Waals surface area (Å²) < 4.78 is 23.7. The summed E-state index contributed by atoms with van der Waals surface area (Å²) in [6.45, 7) is 0. The van der Waals surface area contributed by atoms with E-state index in [-0.39, 0.29) is 5.75 Å². The highest BCUT2D eigenvalue weighted by Crippen LogP contribution is 2.25. The van der Waals surface area contributed by atoms with E-state index in [0.717, 1.165) is 0 Å². The summed E-state index contributed by atoms with van der Waals surface area (Å²) in [5, 5.41) is 0. The molecule has 0 spiro atoms. The Labute approximate surface area is 115 Å². The number of benzene rings is 1. The zero-order valence-corrected chi connectivity index (χ0v) is 11.1.